The number of anilines is 2. The number of amides is 1. The minimum atomic E-state index is -0.0331. The van der Waals surface area contributed by atoms with Crippen molar-refractivity contribution in [3.63, 3.8) is 0 Å². The molecule has 0 bridgehead atoms. The molecule has 0 saturated heterocycles. The minimum Gasteiger partial charge on any atom is -0.382 e. The van der Waals surface area contributed by atoms with Crippen molar-refractivity contribution in [1.29, 1.82) is 0 Å². The van der Waals surface area contributed by atoms with Crippen molar-refractivity contribution in [2.45, 2.75) is 26.2 Å². The molecule has 0 aliphatic heterocycles. The van der Waals surface area contributed by atoms with E-state index in [9.17, 15) is 4.79 Å². The van der Waals surface area contributed by atoms with Gasteiger partial charge in [-0.1, -0.05) is 31.1 Å². The monoisotopic (exact) mass is 270 g/mol. The predicted molar refractivity (Wildman–Crippen MR) is 77.3 cm³/mol. The quantitative estimate of drug-likeness (QED) is 0.804. The van der Waals surface area contributed by atoms with Gasteiger partial charge in [0.25, 0.3) is 5.91 Å². The highest BCUT2D eigenvalue weighted by molar-refractivity contribution is 7.18. The molecule has 102 valence electrons. The van der Waals surface area contributed by atoms with Crippen LogP contribution in [0.3, 0.4) is 0 Å². The number of hydrogen-bond acceptors (Lipinski definition) is 5. The van der Waals surface area contributed by atoms with Crippen LogP contribution in [0.1, 0.15) is 35.9 Å². The lowest BCUT2D eigenvalue weighted by Crippen LogP contribution is -2.27. The van der Waals surface area contributed by atoms with Crippen molar-refractivity contribution >= 4 is 28.2 Å². The van der Waals surface area contributed by atoms with Crippen molar-refractivity contribution in [3.8, 4) is 0 Å². The highest BCUT2D eigenvalue weighted by Crippen LogP contribution is 2.27. The molecule has 0 saturated carbocycles. The number of thiazole rings is 1. The molecule has 1 amide bonds. The molecule has 1 heterocycles. The Labute approximate surface area is 113 Å². The Kier molecular flexibility index (Phi) is 5.40. The van der Waals surface area contributed by atoms with Crippen LogP contribution in [0, 0.1) is 0 Å². The Morgan fingerprint density at radius 1 is 1.33 bits per heavy atom. The molecule has 0 unspecified atom stereocenters. The fourth-order valence-corrected chi connectivity index (χ4v) is 2.44. The summed E-state index contributed by atoms with van der Waals surface area (Å²) in [5.74, 6) is 0.297. The second kappa shape index (κ2) is 6.58. The second-order valence-corrected chi connectivity index (χ2v) is 5.52. The maximum absolute atomic E-state index is 12.2. The zero-order chi connectivity index (χ0) is 13.7. The van der Waals surface area contributed by atoms with Crippen molar-refractivity contribution in [2.24, 2.45) is 0 Å². The van der Waals surface area contributed by atoms with Gasteiger partial charge in [-0.05, 0) is 6.42 Å². The van der Waals surface area contributed by atoms with E-state index >= 15 is 0 Å². The first-order valence-electron chi connectivity index (χ1n) is 6.16. The molecule has 1 aromatic heterocycles. The third kappa shape index (κ3) is 3.60. The number of hydrogen-bond donors (Lipinski definition) is 1. The maximum atomic E-state index is 12.2. The van der Waals surface area contributed by atoms with Gasteiger partial charge in [-0.3, -0.25) is 4.79 Å². The number of nitrogens with two attached hydrogens (primary N) is 1. The smallest absolute Gasteiger partial charge is 0.267 e. The second-order valence-electron chi connectivity index (χ2n) is 4.54. The molecular formula is C12H22N4OS. The van der Waals surface area contributed by atoms with E-state index < -0.39 is 0 Å². The maximum Gasteiger partial charge on any atom is 0.267 e. The standard InChI is InChI=1S/C12H22N4OS/c1-5-6-7-8-16(4)11(17)9-10(13)14-12(18-9)15(2)3/h5-8,13H2,1-4H3. The lowest BCUT2D eigenvalue weighted by Gasteiger charge is -2.15. The predicted octanol–water partition coefficient (Wildman–Crippen LogP) is 2.05. The normalized spacial score (nSPS) is 10.4. The van der Waals surface area contributed by atoms with Crippen LogP contribution in [0.15, 0.2) is 0 Å². The van der Waals surface area contributed by atoms with Gasteiger partial charge < -0.3 is 15.5 Å². The molecule has 0 aliphatic rings. The van der Waals surface area contributed by atoms with Gasteiger partial charge in [0.15, 0.2) is 5.13 Å². The number of rotatable bonds is 6. The van der Waals surface area contributed by atoms with Crippen LogP contribution in [0.2, 0.25) is 0 Å². The third-order valence-corrected chi connectivity index (χ3v) is 3.89. The highest BCUT2D eigenvalue weighted by atomic mass is 32.1. The van der Waals surface area contributed by atoms with Crippen LogP contribution in [-0.2, 0) is 0 Å². The molecule has 0 radical (unpaired) electrons. The molecule has 0 atom stereocenters. The first kappa shape index (κ1) is 14.8. The molecule has 5 nitrogen and oxygen atoms in total. The average Bonchev–Trinajstić information content (AvgIpc) is 2.70. The summed E-state index contributed by atoms with van der Waals surface area (Å²) < 4.78 is 0. The van der Waals surface area contributed by atoms with Crippen LogP contribution in [0.5, 0.6) is 0 Å². The number of nitrogen functional groups attached to an aromatic ring is 1. The van der Waals surface area contributed by atoms with Gasteiger partial charge in [-0.15, -0.1) is 0 Å². The van der Waals surface area contributed by atoms with E-state index in [4.69, 9.17) is 5.73 Å². The molecule has 0 aromatic carbocycles. The van der Waals surface area contributed by atoms with Crippen molar-refractivity contribution in [1.82, 2.24) is 9.88 Å². The van der Waals surface area contributed by atoms with E-state index in [-0.39, 0.29) is 5.91 Å². The topological polar surface area (TPSA) is 62.5 Å². The van der Waals surface area contributed by atoms with Crippen LogP contribution in [0.4, 0.5) is 10.9 Å². The molecule has 6 heteroatoms. The largest absolute Gasteiger partial charge is 0.382 e. The van der Waals surface area contributed by atoms with Crippen LogP contribution < -0.4 is 10.6 Å². The summed E-state index contributed by atoms with van der Waals surface area (Å²) in [6, 6.07) is 0. The molecule has 2 N–H and O–H groups in total. The van der Waals surface area contributed by atoms with Gasteiger partial charge >= 0.3 is 0 Å². The Morgan fingerprint density at radius 3 is 2.50 bits per heavy atom. The summed E-state index contributed by atoms with van der Waals surface area (Å²) in [5, 5.41) is 0.762. The number of carbonyl (C=O) groups is 1. The van der Waals surface area contributed by atoms with Crippen LogP contribution in [-0.4, -0.2) is 43.5 Å². The zero-order valence-electron chi connectivity index (χ0n) is 11.6. The van der Waals surface area contributed by atoms with Crippen LogP contribution in [0.25, 0.3) is 0 Å². The molecule has 0 aliphatic carbocycles. The Hall–Kier alpha value is -1.30. The summed E-state index contributed by atoms with van der Waals surface area (Å²) in [7, 11) is 5.58. The van der Waals surface area contributed by atoms with Crippen molar-refractivity contribution < 1.29 is 4.79 Å². The summed E-state index contributed by atoms with van der Waals surface area (Å²) in [6.45, 7) is 2.91. The summed E-state index contributed by atoms with van der Waals surface area (Å²) in [6.07, 6.45) is 3.31. The Bertz CT molecular complexity index is 403. The van der Waals surface area contributed by atoms with Gasteiger partial charge in [-0.25, -0.2) is 4.98 Å². The van der Waals surface area contributed by atoms with Gasteiger partial charge in [0, 0.05) is 27.7 Å². The molecule has 1 aromatic rings. The van der Waals surface area contributed by atoms with E-state index in [0.717, 1.165) is 30.9 Å². The number of unbranched alkanes of at least 4 members (excludes halogenated alkanes) is 2. The van der Waals surface area contributed by atoms with Crippen molar-refractivity contribution in [3.05, 3.63) is 4.88 Å². The first-order chi connectivity index (χ1) is 8.47. The fraction of sp³-hybridized carbons (Fsp3) is 0.667. The van der Waals surface area contributed by atoms with E-state index in [1.165, 1.54) is 11.3 Å². The molecule has 0 spiro atoms. The highest BCUT2D eigenvalue weighted by Gasteiger charge is 2.20. The van der Waals surface area contributed by atoms with Gasteiger partial charge in [0.2, 0.25) is 0 Å². The first-order valence-corrected chi connectivity index (χ1v) is 6.98. The molecule has 1 rings (SSSR count). The SMILES string of the molecule is CCCCCN(C)C(=O)c1sc(N(C)C)nc1N. The number of aromatic nitrogens is 1. The van der Waals surface area contributed by atoms with E-state index in [1.54, 1.807) is 4.90 Å². The summed E-state index contributed by atoms with van der Waals surface area (Å²) >= 11 is 1.34. The van der Waals surface area contributed by atoms with E-state index in [2.05, 4.69) is 11.9 Å². The average molecular weight is 270 g/mol. The van der Waals surface area contributed by atoms with Gasteiger partial charge in [0.05, 0.1) is 0 Å². The molecule has 18 heavy (non-hydrogen) atoms. The van der Waals surface area contributed by atoms with Gasteiger partial charge in [-0.2, -0.15) is 0 Å². The number of nitrogens with zero attached hydrogens (tertiary/aromatic N) is 3. The lowest BCUT2D eigenvalue weighted by atomic mass is 10.2. The molecule has 0 fully saturated rings. The Morgan fingerprint density at radius 2 is 2.00 bits per heavy atom. The fourth-order valence-electron chi connectivity index (χ4n) is 1.54. The summed E-state index contributed by atoms with van der Waals surface area (Å²) in [5.41, 5.74) is 5.80. The summed E-state index contributed by atoms with van der Waals surface area (Å²) in [4.78, 5) is 20.5. The van der Waals surface area contributed by atoms with Gasteiger partial charge in [0.1, 0.15) is 10.7 Å². The van der Waals surface area contributed by atoms with Crippen LogP contribution >= 0.6 is 11.3 Å². The minimum absolute atomic E-state index is 0.0331. The third-order valence-electron chi connectivity index (χ3n) is 2.66. The molecular weight excluding hydrogens is 248 g/mol. The van der Waals surface area contributed by atoms with E-state index in [0.29, 0.717) is 10.7 Å². The lowest BCUT2D eigenvalue weighted by molar-refractivity contribution is 0.0798. The zero-order valence-corrected chi connectivity index (χ0v) is 12.4. The van der Waals surface area contributed by atoms with E-state index in [1.807, 2.05) is 26.0 Å². The van der Waals surface area contributed by atoms with Crippen molar-refractivity contribution in [2.75, 3.05) is 38.3 Å². The number of carbonyl (C=O) groups excluding carboxylic acids is 1. The Balaban J connectivity index is 2.71.